The number of imidazole rings is 1. The number of rotatable bonds is 1. The molecule has 0 saturated heterocycles. The van der Waals surface area contributed by atoms with Gasteiger partial charge in [0, 0.05) is 18.0 Å². The van der Waals surface area contributed by atoms with Crippen molar-refractivity contribution in [2.75, 3.05) is 0 Å². The van der Waals surface area contributed by atoms with Gasteiger partial charge in [0.25, 0.3) is 0 Å². The Morgan fingerprint density at radius 3 is 2.64 bits per heavy atom. The molecule has 0 bridgehead atoms. The third-order valence-electron chi connectivity index (χ3n) is 3.22. The second kappa shape index (κ2) is 6.57. The van der Waals surface area contributed by atoms with Gasteiger partial charge in [0.2, 0.25) is 0 Å². The minimum atomic E-state index is -4.51. The lowest BCUT2D eigenvalue weighted by Gasteiger charge is -2.08. The summed E-state index contributed by atoms with van der Waals surface area (Å²) in [6.07, 6.45) is -1.44. The lowest BCUT2D eigenvalue weighted by Crippen LogP contribution is -2.10. The molecule has 0 radical (unpaired) electrons. The van der Waals surface area contributed by atoms with Gasteiger partial charge in [-0.2, -0.15) is 13.2 Å². The summed E-state index contributed by atoms with van der Waals surface area (Å²) < 4.78 is 39.9. The Labute approximate surface area is 146 Å². The van der Waals surface area contributed by atoms with Gasteiger partial charge in [-0.15, -0.1) is 0 Å². The van der Waals surface area contributed by atoms with Crippen LogP contribution >= 0.6 is 11.6 Å². The molecule has 0 amide bonds. The van der Waals surface area contributed by atoms with Crippen LogP contribution in [0.4, 0.5) is 13.2 Å². The van der Waals surface area contributed by atoms with E-state index in [1.165, 1.54) is 29.1 Å². The molecule has 3 aromatic heterocycles. The largest absolute Gasteiger partial charge is 0.433 e. The Morgan fingerprint density at radius 2 is 1.92 bits per heavy atom. The third-order valence-corrected chi connectivity index (χ3v) is 3.42. The number of pyridine rings is 2. The molecule has 0 fully saturated rings. The zero-order valence-corrected chi connectivity index (χ0v) is 13.6. The highest BCUT2D eigenvalue weighted by Crippen LogP contribution is 2.28. The Morgan fingerprint density at radius 1 is 1.12 bits per heavy atom. The first-order chi connectivity index (χ1) is 11.8. The minimum absolute atomic E-state index is 0.125. The molecule has 3 aromatic rings. The van der Waals surface area contributed by atoms with Crippen molar-refractivity contribution in [1.82, 2.24) is 19.5 Å². The predicted octanol–water partition coefficient (Wildman–Crippen LogP) is 4.04. The van der Waals surface area contributed by atoms with Crippen molar-refractivity contribution in [3.05, 3.63) is 70.7 Å². The Kier molecular flexibility index (Phi) is 4.47. The van der Waals surface area contributed by atoms with Crippen LogP contribution in [0.15, 0.2) is 42.7 Å². The first-order valence-electron chi connectivity index (χ1n) is 7.07. The van der Waals surface area contributed by atoms with Crippen LogP contribution in [-0.2, 0) is 6.18 Å². The van der Waals surface area contributed by atoms with E-state index in [4.69, 9.17) is 11.6 Å². The number of alkyl halides is 3. The van der Waals surface area contributed by atoms with E-state index < -0.39 is 11.9 Å². The molecule has 3 heterocycles. The maximum Gasteiger partial charge on any atom is 0.433 e. The molecule has 0 aliphatic carbocycles. The van der Waals surface area contributed by atoms with Crippen LogP contribution in [-0.4, -0.2) is 19.5 Å². The van der Waals surface area contributed by atoms with Crippen molar-refractivity contribution < 1.29 is 13.2 Å². The lowest BCUT2D eigenvalue weighted by atomic mass is 10.2. The van der Waals surface area contributed by atoms with Crippen molar-refractivity contribution in [3.8, 4) is 17.7 Å². The molecule has 0 N–H and O–H groups in total. The normalized spacial score (nSPS) is 11.1. The lowest BCUT2D eigenvalue weighted by molar-refractivity contribution is -0.141. The van der Waals surface area contributed by atoms with Crippen LogP contribution in [0.5, 0.6) is 0 Å². The summed E-state index contributed by atoms with van der Waals surface area (Å²) in [5.74, 6) is 6.33. The van der Waals surface area contributed by atoms with E-state index >= 15 is 0 Å². The number of halogens is 4. The highest BCUT2D eigenvalue weighted by molar-refractivity contribution is 6.29. The van der Waals surface area contributed by atoms with Crippen molar-refractivity contribution in [3.63, 3.8) is 0 Å². The Hall–Kier alpha value is -2.85. The number of aryl methyl sites for hydroxylation is 1. The number of aromatic nitrogens is 4. The smallest absolute Gasteiger partial charge is 0.287 e. The average Bonchev–Trinajstić information content (AvgIpc) is 2.93. The molecule has 4 nitrogen and oxygen atoms in total. The maximum atomic E-state index is 12.8. The summed E-state index contributed by atoms with van der Waals surface area (Å²) in [4.78, 5) is 11.7. The topological polar surface area (TPSA) is 43.6 Å². The molecule has 0 aliphatic heterocycles. The fraction of sp³-hybridized carbons (Fsp3) is 0.118. The van der Waals surface area contributed by atoms with Gasteiger partial charge in [-0.25, -0.2) is 15.0 Å². The van der Waals surface area contributed by atoms with Crippen LogP contribution in [0.2, 0.25) is 5.15 Å². The Bertz CT molecular complexity index is 983. The summed E-state index contributed by atoms with van der Waals surface area (Å²) in [5.41, 5.74) is 0.103. The average molecular weight is 363 g/mol. The van der Waals surface area contributed by atoms with E-state index in [0.29, 0.717) is 22.2 Å². The highest BCUT2D eigenvalue weighted by Gasteiger charge is 2.32. The number of nitrogens with zero attached hydrogens (tertiary/aromatic N) is 4. The van der Waals surface area contributed by atoms with E-state index in [2.05, 4.69) is 26.8 Å². The first-order valence-corrected chi connectivity index (χ1v) is 7.45. The molecule has 0 aromatic carbocycles. The number of hydrogen-bond donors (Lipinski definition) is 0. The zero-order chi connectivity index (χ0) is 18.0. The monoisotopic (exact) mass is 362 g/mol. The quantitative estimate of drug-likeness (QED) is 0.484. The third kappa shape index (κ3) is 3.98. The van der Waals surface area contributed by atoms with Gasteiger partial charge >= 0.3 is 6.18 Å². The van der Waals surface area contributed by atoms with Crippen LogP contribution in [0, 0.1) is 18.8 Å². The van der Waals surface area contributed by atoms with Crippen molar-refractivity contribution in [2.24, 2.45) is 0 Å². The summed E-state index contributed by atoms with van der Waals surface area (Å²) in [7, 11) is 0. The van der Waals surface area contributed by atoms with Gasteiger partial charge < -0.3 is 0 Å². The standard InChI is InChI=1S/C17H10ClF3N4/c1-11-23-13(6-5-12-7-8-22-15(18)9-12)10-25(11)16-4-2-3-14(24-16)17(19,20)21/h2-4,7-10H,1H3. The molecule has 0 spiro atoms. The van der Waals surface area contributed by atoms with Crippen LogP contribution in [0.3, 0.4) is 0 Å². The van der Waals surface area contributed by atoms with Crippen LogP contribution in [0.25, 0.3) is 5.82 Å². The SMILES string of the molecule is Cc1nc(C#Cc2ccnc(Cl)c2)cn1-c1cccc(C(F)(F)F)n1. The van der Waals surface area contributed by atoms with Gasteiger partial charge in [-0.1, -0.05) is 23.6 Å². The van der Waals surface area contributed by atoms with Crippen molar-refractivity contribution in [1.29, 1.82) is 0 Å². The fourth-order valence-corrected chi connectivity index (χ4v) is 2.27. The van der Waals surface area contributed by atoms with Crippen LogP contribution < -0.4 is 0 Å². The Balaban J connectivity index is 1.94. The second-order valence-corrected chi connectivity index (χ2v) is 5.43. The minimum Gasteiger partial charge on any atom is -0.287 e. The van der Waals surface area contributed by atoms with E-state index in [0.717, 1.165) is 6.07 Å². The molecule has 25 heavy (non-hydrogen) atoms. The molecule has 0 unspecified atom stereocenters. The van der Waals surface area contributed by atoms with Crippen molar-refractivity contribution >= 4 is 11.6 Å². The van der Waals surface area contributed by atoms with Gasteiger partial charge in [0.05, 0.1) is 0 Å². The van der Waals surface area contributed by atoms with E-state index in [1.54, 1.807) is 19.1 Å². The number of hydrogen-bond acceptors (Lipinski definition) is 3. The first kappa shape index (κ1) is 17.0. The van der Waals surface area contributed by atoms with Gasteiger partial charge in [-0.3, -0.25) is 4.57 Å². The van der Waals surface area contributed by atoms with Crippen molar-refractivity contribution in [2.45, 2.75) is 13.1 Å². The summed E-state index contributed by atoms with van der Waals surface area (Å²) >= 11 is 5.79. The van der Waals surface area contributed by atoms with Gasteiger partial charge in [0.1, 0.15) is 28.2 Å². The van der Waals surface area contributed by atoms with Crippen LogP contribution in [0.1, 0.15) is 22.8 Å². The molecule has 3 rings (SSSR count). The zero-order valence-electron chi connectivity index (χ0n) is 12.8. The maximum absolute atomic E-state index is 12.8. The van der Waals surface area contributed by atoms with E-state index in [1.807, 2.05) is 0 Å². The molecule has 0 aliphatic rings. The molecular formula is C17H10ClF3N4. The van der Waals surface area contributed by atoms with Gasteiger partial charge in [-0.05, 0) is 37.1 Å². The molecule has 0 atom stereocenters. The molecule has 0 saturated carbocycles. The second-order valence-electron chi connectivity index (χ2n) is 5.04. The van der Waals surface area contributed by atoms with E-state index in [9.17, 15) is 13.2 Å². The molecule has 8 heteroatoms. The van der Waals surface area contributed by atoms with E-state index in [-0.39, 0.29) is 5.82 Å². The molecular weight excluding hydrogens is 353 g/mol. The predicted molar refractivity (Wildman–Crippen MR) is 86.3 cm³/mol. The van der Waals surface area contributed by atoms with Gasteiger partial charge in [0.15, 0.2) is 0 Å². The summed E-state index contributed by atoms with van der Waals surface area (Å²) in [6, 6.07) is 6.99. The summed E-state index contributed by atoms with van der Waals surface area (Å²) in [5, 5.41) is 0.321. The molecule has 126 valence electrons. The highest BCUT2D eigenvalue weighted by atomic mass is 35.5. The summed E-state index contributed by atoms with van der Waals surface area (Å²) in [6.45, 7) is 1.66. The fourth-order valence-electron chi connectivity index (χ4n) is 2.10.